The summed E-state index contributed by atoms with van der Waals surface area (Å²) in [6, 6.07) is 14.5. The average molecular weight is 365 g/mol. The molecule has 2 heterocycles. The van der Waals surface area contributed by atoms with Crippen LogP contribution < -0.4 is 19.1 Å². The summed E-state index contributed by atoms with van der Waals surface area (Å²) in [5.74, 6) is 2.04. The fraction of sp³-hybridized carbons (Fsp3) is 0.190. The predicted octanol–water partition coefficient (Wildman–Crippen LogP) is 4.97. The first kappa shape index (κ1) is 17.0. The fourth-order valence-electron chi connectivity index (χ4n) is 2.72. The Labute approximate surface area is 157 Å². The molecule has 27 heavy (non-hydrogen) atoms. The summed E-state index contributed by atoms with van der Waals surface area (Å²) in [4.78, 5) is 14.4. The van der Waals surface area contributed by atoms with Gasteiger partial charge in [0.05, 0.1) is 5.69 Å². The van der Waals surface area contributed by atoms with E-state index >= 15 is 0 Å². The van der Waals surface area contributed by atoms with Crippen molar-refractivity contribution >= 4 is 11.8 Å². The van der Waals surface area contributed by atoms with E-state index in [2.05, 4.69) is 0 Å². The van der Waals surface area contributed by atoms with Gasteiger partial charge in [0.15, 0.2) is 23.0 Å². The number of rotatable bonds is 1. The van der Waals surface area contributed by atoms with Gasteiger partial charge in [-0.25, -0.2) is 9.69 Å². The van der Waals surface area contributed by atoms with Gasteiger partial charge in [0.1, 0.15) is 23.8 Å². The number of hydrogen-bond acceptors (Lipinski definition) is 5. The number of benzene rings is 2. The lowest BCUT2D eigenvalue weighted by molar-refractivity contribution is 0.0587. The molecular weight excluding hydrogens is 346 g/mol. The zero-order valence-electron chi connectivity index (χ0n) is 15.3. The summed E-state index contributed by atoms with van der Waals surface area (Å²) >= 11 is 0. The molecule has 0 aliphatic carbocycles. The first-order chi connectivity index (χ1) is 12.9. The van der Waals surface area contributed by atoms with E-state index in [1.165, 1.54) is 17.4 Å². The molecule has 0 spiro atoms. The lowest BCUT2D eigenvalue weighted by Crippen LogP contribution is -2.39. The summed E-state index contributed by atoms with van der Waals surface area (Å²) in [6.07, 6.45) is 2.37. The standard InChI is InChI=1S/C21H19NO5/c1-21(2,3)27-20(23)22-14-8-4-5-9-16(14)24-12-15(22)19-13-25-17-10-6-7-11-18(17)26-19/h4-13H,1-3H3. The number of carbonyl (C=O) groups excluding carboxylic acids is 1. The molecule has 0 saturated carbocycles. The predicted molar refractivity (Wildman–Crippen MR) is 99.6 cm³/mol. The Morgan fingerprint density at radius 3 is 2.26 bits per heavy atom. The van der Waals surface area contributed by atoms with Gasteiger partial charge in [-0.15, -0.1) is 0 Å². The summed E-state index contributed by atoms with van der Waals surface area (Å²) in [5, 5.41) is 0. The van der Waals surface area contributed by atoms with E-state index in [4.69, 9.17) is 18.9 Å². The fourth-order valence-corrected chi connectivity index (χ4v) is 2.72. The van der Waals surface area contributed by atoms with Gasteiger partial charge < -0.3 is 18.9 Å². The molecule has 0 bridgehead atoms. The van der Waals surface area contributed by atoms with Crippen LogP contribution in [0.25, 0.3) is 0 Å². The molecule has 0 radical (unpaired) electrons. The van der Waals surface area contributed by atoms with Gasteiger partial charge >= 0.3 is 6.09 Å². The molecule has 1 amide bonds. The molecule has 0 aromatic heterocycles. The number of ether oxygens (including phenoxy) is 4. The zero-order chi connectivity index (χ0) is 19.0. The van der Waals surface area contributed by atoms with Crippen LogP contribution in [0.3, 0.4) is 0 Å². The highest BCUT2D eigenvalue weighted by atomic mass is 16.6. The first-order valence-corrected chi connectivity index (χ1v) is 8.55. The number of nitrogens with zero attached hydrogens (tertiary/aromatic N) is 1. The van der Waals surface area contributed by atoms with Gasteiger partial charge in [0, 0.05) is 0 Å². The molecule has 138 valence electrons. The number of fused-ring (bicyclic) bond motifs is 2. The van der Waals surface area contributed by atoms with Gasteiger partial charge in [-0.2, -0.15) is 0 Å². The minimum Gasteiger partial charge on any atom is -0.460 e. The van der Waals surface area contributed by atoms with Crippen molar-refractivity contribution in [3.8, 4) is 17.2 Å². The molecule has 2 aromatic carbocycles. The van der Waals surface area contributed by atoms with E-state index in [1.54, 1.807) is 24.3 Å². The largest absolute Gasteiger partial charge is 0.460 e. The summed E-state index contributed by atoms with van der Waals surface area (Å²) in [7, 11) is 0. The van der Waals surface area contributed by atoms with Gasteiger partial charge in [-0.05, 0) is 45.0 Å². The molecular formula is C21H19NO5. The summed E-state index contributed by atoms with van der Waals surface area (Å²) in [5.41, 5.74) is 0.297. The Morgan fingerprint density at radius 2 is 1.52 bits per heavy atom. The van der Waals surface area contributed by atoms with Crippen LogP contribution in [0.2, 0.25) is 0 Å². The van der Waals surface area contributed by atoms with Crippen LogP contribution >= 0.6 is 0 Å². The molecule has 2 aromatic rings. The minimum atomic E-state index is -0.652. The van der Waals surface area contributed by atoms with Crippen molar-refractivity contribution in [1.29, 1.82) is 0 Å². The Bertz CT molecular complexity index is 955. The highest BCUT2D eigenvalue weighted by Crippen LogP contribution is 2.40. The zero-order valence-corrected chi connectivity index (χ0v) is 15.3. The van der Waals surface area contributed by atoms with E-state index in [0.717, 1.165) is 0 Å². The number of amides is 1. The Morgan fingerprint density at radius 1 is 0.889 bits per heavy atom. The van der Waals surface area contributed by atoms with Crippen molar-refractivity contribution in [3.05, 3.63) is 72.5 Å². The maximum Gasteiger partial charge on any atom is 0.419 e. The molecule has 6 heteroatoms. The van der Waals surface area contributed by atoms with E-state index in [0.29, 0.717) is 34.4 Å². The number of anilines is 1. The van der Waals surface area contributed by atoms with Crippen molar-refractivity contribution in [1.82, 2.24) is 0 Å². The third-order valence-electron chi connectivity index (χ3n) is 3.84. The molecule has 0 N–H and O–H groups in total. The lowest BCUT2D eigenvalue weighted by atomic mass is 10.2. The molecule has 2 aliphatic heterocycles. The molecule has 0 saturated heterocycles. The first-order valence-electron chi connectivity index (χ1n) is 8.55. The second-order valence-electron chi connectivity index (χ2n) is 7.05. The maximum absolute atomic E-state index is 13.0. The number of hydrogen-bond donors (Lipinski definition) is 0. The Hall–Kier alpha value is -3.41. The van der Waals surface area contributed by atoms with Crippen LogP contribution in [0, 0.1) is 0 Å². The van der Waals surface area contributed by atoms with Gasteiger partial charge in [-0.1, -0.05) is 24.3 Å². The quantitative estimate of drug-likeness (QED) is 0.714. The van der Waals surface area contributed by atoms with Crippen LogP contribution in [0.5, 0.6) is 17.2 Å². The van der Waals surface area contributed by atoms with Gasteiger partial charge in [0.2, 0.25) is 0 Å². The van der Waals surface area contributed by atoms with E-state index in [1.807, 2.05) is 45.0 Å². The minimum absolute atomic E-state index is 0.342. The van der Waals surface area contributed by atoms with Crippen molar-refractivity contribution in [2.24, 2.45) is 0 Å². The number of para-hydroxylation sites is 4. The van der Waals surface area contributed by atoms with E-state index in [-0.39, 0.29) is 0 Å². The lowest BCUT2D eigenvalue weighted by Gasteiger charge is -2.33. The highest BCUT2D eigenvalue weighted by molar-refractivity contribution is 5.95. The smallest absolute Gasteiger partial charge is 0.419 e. The van der Waals surface area contributed by atoms with Crippen LogP contribution in [0.15, 0.2) is 72.5 Å². The maximum atomic E-state index is 13.0. The Kier molecular flexibility index (Phi) is 4.03. The van der Waals surface area contributed by atoms with E-state index in [9.17, 15) is 4.79 Å². The molecule has 2 aliphatic rings. The van der Waals surface area contributed by atoms with E-state index < -0.39 is 11.7 Å². The van der Waals surface area contributed by atoms with Crippen LogP contribution in [0.1, 0.15) is 20.8 Å². The SMILES string of the molecule is CC(C)(C)OC(=O)N1C(C2=COc3ccccc3O2)=COc2ccccc21. The highest BCUT2D eigenvalue weighted by Gasteiger charge is 2.35. The van der Waals surface area contributed by atoms with Gasteiger partial charge in [0.25, 0.3) is 0 Å². The summed E-state index contributed by atoms with van der Waals surface area (Å²) < 4.78 is 22.9. The second-order valence-corrected chi connectivity index (χ2v) is 7.05. The Balaban J connectivity index is 1.72. The number of carbonyl (C=O) groups is 1. The van der Waals surface area contributed by atoms with Crippen LogP contribution in [-0.4, -0.2) is 11.7 Å². The van der Waals surface area contributed by atoms with Crippen LogP contribution in [-0.2, 0) is 4.74 Å². The third-order valence-corrected chi connectivity index (χ3v) is 3.84. The van der Waals surface area contributed by atoms with Crippen molar-refractivity contribution in [2.75, 3.05) is 4.90 Å². The van der Waals surface area contributed by atoms with Gasteiger partial charge in [-0.3, -0.25) is 0 Å². The second kappa shape index (κ2) is 6.39. The van der Waals surface area contributed by atoms with Crippen molar-refractivity contribution in [2.45, 2.75) is 26.4 Å². The van der Waals surface area contributed by atoms with Crippen LogP contribution in [0.4, 0.5) is 10.5 Å². The molecule has 6 nitrogen and oxygen atoms in total. The average Bonchev–Trinajstić information content (AvgIpc) is 2.65. The monoisotopic (exact) mass is 365 g/mol. The third kappa shape index (κ3) is 3.33. The molecule has 0 unspecified atom stereocenters. The molecule has 0 atom stereocenters. The topological polar surface area (TPSA) is 57.2 Å². The van der Waals surface area contributed by atoms with Crippen molar-refractivity contribution in [3.63, 3.8) is 0 Å². The molecule has 4 rings (SSSR count). The summed E-state index contributed by atoms with van der Waals surface area (Å²) in [6.45, 7) is 5.45. The normalized spacial score (nSPS) is 15.1. The van der Waals surface area contributed by atoms with Crippen molar-refractivity contribution < 1.29 is 23.7 Å². The molecule has 0 fully saturated rings.